The molecule has 6 nitrogen and oxygen atoms in total. The number of hydrogen-bond acceptors (Lipinski definition) is 7. The lowest BCUT2D eigenvalue weighted by Gasteiger charge is -2.26. The van der Waals surface area contributed by atoms with Gasteiger partial charge in [0.2, 0.25) is 0 Å². The van der Waals surface area contributed by atoms with E-state index in [1.54, 1.807) is 0 Å². The number of anilines is 2. The van der Waals surface area contributed by atoms with Gasteiger partial charge in [-0.25, -0.2) is 0 Å². The first-order valence-electron chi connectivity index (χ1n) is 5.77. The summed E-state index contributed by atoms with van der Waals surface area (Å²) in [5, 5.41) is 3.86. The maximum absolute atomic E-state index is 11.2. The number of nitrogen functional groups attached to an aromatic ring is 1. The summed E-state index contributed by atoms with van der Waals surface area (Å²) >= 11 is 3.17. The number of hydrogen-bond donors (Lipinski definition) is 3. The standard InChI is InChI=1S/C10H17N5OS2/c11-8-7(9(12)16)10(18-14-8)13-1-2-15-3-5-17-6-4-15/h13H,1-6H2,(H2,11,14)(H2,12,16). The van der Waals surface area contributed by atoms with Crippen LogP contribution in [0.15, 0.2) is 0 Å². The molecule has 1 fully saturated rings. The van der Waals surface area contributed by atoms with E-state index in [-0.39, 0.29) is 5.82 Å². The largest absolute Gasteiger partial charge is 0.382 e. The SMILES string of the molecule is NC(=O)c1c(N)nsc1NCCN1CCSCC1. The van der Waals surface area contributed by atoms with Crippen molar-refractivity contribution in [3.8, 4) is 0 Å². The Bertz CT molecular complexity index is 416. The minimum atomic E-state index is -0.530. The number of thioether (sulfide) groups is 1. The highest BCUT2D eigenvalue weighted by Gasteiger charge is 2.16. The average molecular weight is 287 g/mol. The molecule has 100 valence electrons. The molecule has 0 saturated carbocycles. The summed E-state index contributed by atoms with van der Waals surface area (Å²) in [6.45, 7) is 3.98. The number of nitrogens with one attached hydrogen (secondary N) is 1. The minimum absolute atomic E-state index is 0.212. The molecule has 0 unspecified atom stereocenters. The van der Waals surface area contributed by atoms with Crippen LogP contribution in [0.2, 0.25) is 0 Å². The van der Waals surface area contributed by atoms with Crippen LogP contribution in [0.1, 0.15) is 10.4 Å². The molecule has 2 heterocycles. The van der Waals surface area contributed by atoms with Crippen molar-refractivity contribution in [2.45, 2.75) is 0 Å². The van der Waals surface area contributed by atoms with Crippen molar-refractivity contribution in [1.82, 2.24) is 9.27 Å². The zero-order valence-corrected chi connectivity index (χ0v) is 11.6. The fourth-order valence-corrected chi connectivity index (χ4v) is 3.54. The Balaban J connectivity index is 1.84. The summed E-state index contributed by atoms with van der Waals surface area (Å²) in [7, 11) is 0. The van der Waals surface area contributed by atoms with Gasteiger partial charge in [-0.1, -0.05) is 0 Å². The first-order valence-corrected chi connectivity index (χ1v) is 7.70. The number of nitrogens with zero attached hydrogens (tertiary/aromatic N) is 2. The Morgan fingerprint density at radius 1 is 1.44 bits per heavy atom. The molecule has 2 rings (SSSR count). The summed E-state index contributed by atoms with van der Waals surface area (Å²) in [6, 6.07) is 0. The van der Waals surface area contributed by atoms with Crippen molar-refractivity contribution in [3.63, 3.8) is 0 Å². The van der Waals surface area contributed by atoms with Gasteiger partial charge in [0.1, 0.15) is 10.6 Å². The Hall–Kier alpha value is -0.990. The third-order valence-electron chi connectivity index (χ3n) is 2.78. The Morgan fingerprint density at radius 2 is 2.17 bits per heavy atom. The van der Waals surface area contributed by atoms with Crippen molar-refractivity contribution in [2.24, 2.45) is 5.73 Å². The second kappa shape index (κ2) is 6.26. The Labute approximate surface area is 114 Å². The van der Waals surface area contributed by atoms with Gasteiger partial charge in [0.05, 0.1) is 0 Å². The van der Waals surface area contributed by atoms with Crippen molar-refractivity contribution in [3.05, 3.63) is 5.56 Å². The van der Waals surface area contributed by atoms with Crippen LogP contribution in [0.5, 0.6) is 0 Å². The lowest BCUT2D eigenvalue weighted by atomic mass is 10.3. The van der Waals surface area contributed by atoms with E-state index in [4.69, 9.17) is 11.5 Å². The quantitative estimate of drug-likeness (QED) is 0.720. The van der Waals surface area contributed by atoms with E-state index in [1.165, 1.54) is 23.0 Å². The van der Waals surface area contributed by atoms with Crippen LogP contribution in [0.4, 0.5) is 10.8 Å². The van der Waals surface area contributed by atoms with E-state index in [9.17, 15) is 4.79 Å². The van der Waals surface area contributed by atoms with Crippen molar-refractivity contribution in [2.75, 3.05) is 48.7 Å². The summed E-state index contributed by atoms with van der Waals surface area (Å²) in [4.78, 5) is 13.6. The van der Waals surface area contributed by atoms with E-state index in [2.05, 4.69) is 14.6 Å². The second-order valence-electron chi connectivity index (χ2n) is 4.02. The van der Waals surface area contributed by atoms with E-state index in [0.29, 0.717) is 10.6 Å². The van der Waals surface area contributed by atoms with Gasteiger partial charge >= 0.3 is 0 Å². The van der Waals surface area contributed by atoms with Crippen LogP contribution in [-0.4, -0.2) is 52.9 Å². The highest BCUT2D eigenvalue weighted by atomic mass is 32.2. The average Bonchev–Trinajstić information content (AvgIpc) is 2.72. The monoisotopic (exact) mass is 287 g/mol. The molecular weight excluding hydrogens is 270 g/mol. The second-order valence-corrected chi connectivity index (χ2v) is 6.02. The Morgan fingerprint density at radius 3 is 2.83 bits per heavy atom. The lowest BCUT2D eigenvalue weighted by Crippen LogP contribution is -2.36. The van der Waals surface area contributed by atoms with Gasteiger partial charge in [-0.15, -0.1) is 0 Å². The first kappa shape index (κ1) is 13.4. The molecule has 8 heteroatoms. The number of aromatic nitrogens is 1. The highest BCUT2D eigenvalue weighted by Crippen LogP contribution is 2.25. The number of nitrogens with two attached hydrogens (primary N) is 2. The number of amides is 1. The van der Waals surface area contributed by atoms with Crippen LogP contribution in [0.25, 0.3) is 0 Å². The molecule has 1 aromatic heterocycles. The molecule has 18 heavy (non-hydrogen) atoms. The third-order valence-corrected chi connectivity index (χ3v) is 4.54. The van der Waals surface area contributed by atoms with Crippen LogP contribution in [0.3, 0.4) is 0 Å². The third kappa shape index (κ3) is 3.27. The first-order chi connectivity index (χ1) is 8.68. The number of carbonyl (C=O) groups excluding carboxylic acids is 1. The lowest BCUT2D eigenvalue weighted by molar-refractivity contribution is 0.100. The van der Waals surface area contributed by atoms with Crippen molar-refractivity contribution in [1.29, 1.82) is 0 Å². The maximum Gasteiger partial charge on any atom is 0.255 e. The van der Waals surface area contributed by atoms with Crippen LogP contribution < -0.4 is 16.8 Å². The van der Waals surface area contributed by atoms with E-state index < -0.39 is 5.91 Å². The fraction of sp³-hybridized carbons (Fsp3) is 0.600. The maximum atomic E-state index is 11.2. The molecule has 0 aromatic carbocycles. The molecule has 0 spiro atoms. The normalized spacial score (nSPS) is 16.7. The predicted molar refractivity (Wildman–Crippen MR) is 77.3 cm³/mol. The van der Waals surface area contributed by atoms with Gasteiger partial charge in [0.25, 0.3) is 5.91 Å². The van der Waals surface area contributed by atoms with Gasteiger partial charge in [0, 0.05) is 37.7 Å². The highest BCUT2D eigenvalue weighted by molar-refractivity contribution is 7.99. The number of rotatable bonds is 5. The topological polar surface area (TPSA) is 97.3 Å². The van der Waals surface area contributed by atoms with Gasteiger partial charge in [0.15, 0.2) is 5.82 Å². The zero-order valence-electron chi connectivity index (χ0n) is 10.0. The molecule has 0 radical (unpaired) electrons. The van der Waals surface area contributed by atoms with Crippen LogP contribution in [-0.2, 0) is 0 Å². The van der Waals surface area contributed by atoms with Gasteiger partial charge in [-0.05, 0) is 11.5 Å². The van der Waals surface area contributed by atoms with Gasteiger partial charge in [-0.3, -0.25) is 9.69 Å². The molecule has 1 aromatic rings. The molecule has 1 amide bonds. The predicted octanol–water partition coefficient (Wildman–Crippen LogP) is 0.285. The molecule has 1 saturated heterocycles. The summed E-state index contributed by atoms with van der Waals surface area (Å²) < 4.78 is 3.94. The Kier molecular flexibility index (Phi) is 4.67. The van der Waals surface area contributed by atoms with Crippen molar-refractivity contribution < 1.29 is 4.79 Å². The number of carbonyl (C=O) groups is 1. The molecule has 0 atom stereocenters. The molecule has 1 aliphatic rings. The fourth-order valence-electron chi connectivity index (χ4n) is 1.81. The molecule has 0 aliphatic carbocycles. The van der Waals surface area contributed by atoms with Gasteiger partial charge in [-0.2, -0.15) is 16.1 Å². The van der Waals surface area contributed by atoms with Crippen LogP contribution in [0, 0.1) is 0 Å². The smallest absolute Gasteiger partial charge is 0.255 e. The van der Waals surface area contributed by atoms with Crippen molar-refractivity contribution >= 4 is 40.0 Å². The summed E-state index contributed by atoms with van der Waals surface area (Å²) in [5.41, 5.74) is 11.2. The minimum Gasteiger partial charge on any atom is -0.382 e. The van der Waals surface area contributed by atoms with Crippen LogP contribution >= 0.6 is 23.3 Å². The number of primary amides is 1. The summed E-state index contributed by atoms with van der Waals surface area (Å²) in [5.74, 6) is 2.07. The van der Waals surface area contributed by atoms with Gasteiger partial charge < -0.3 is 16.8 Å². The zero-order chi connectivity index (χ0) is 13.0. The summed E-state index contributed by atoms with van der Waals surface area (Å²) in [6.07, 6.45) is 0. The van der Waals surface area contributed by atoms with E-state index in [1.807, 2.05) is 11.8 Å². The molecule has 1 aliphatic heterocycles. The van der Waals surface area contributed by atoms with E-state index >= 15 is 0 Å². The molecular formula is C10H17N5OS2. The van der Waals surface area contributed by atoms with E-state index in [0.717, 1.165) is 26.2 Å². The molecule has 5 N–H and O–H groups in total. The molecule has 0 bridgehead atoms.